The predicted molar refractivity (Wildman–Crippen MR) is 111 cm³/mol. The number of carbonyl (C=O) groups is 3. The van der Waals surface area contributed by atoms with Crippen LogP contribution < -0.4 is 16.0 Å². The number of hydrogen-bond acceptors (Lipinski definition) is 5. The van der Waals surface area contributed by atoms with Crippen LogP contribution in [0, 0.1) is 0 Å². The highest BCUT2D eigenvalue weighted by Crippen LogP contribution is 2.37. The number of amides is 3. The van der Waals surface area contributed by atoms with Crippen LogP contribution in [0.3, 0.4) is 0 Å². The summed E-state index contributed by atoms with van der Waals surface area (Å²) in [6.07, 6.45) is 6.06. The van der Waals surface area contributed by atoms with E-state index in [4.69, 9.17) is 5.73 Å². The Balaban J connectivity index is 1.91. The predicted octanol–water partition coefficient (Wildman–Crippen LogP) is 1.47. The summed E-state index contributed by atoms with van der Waals surface area (Å²) < 4.78 is 0. The Morgan fingerprint density at radius 1 is 1.24 bits per heavy atom. The molecule has 0 saturated carbocycles. The normalized spacial score (nSPS) is 21.1. The molecule has 8 nitrogen and oxygen atoms in total. The lowest BCUT2D eigenvalue weighted by Crippen LogP contribution is -2.42. The van der Waals surface area contributed by atoms with Crippen molar-refractivity contribution in [3.63, 3.8) is 0 Å². The third kappa shape index (κ3) is 4.52. The molecule has 0 saturated heterocycles. The zero-order chi connectivity index (χ0) is 21.1. The Bertz CT molecular complexity index is 940. The quantitative estimate of drug-likeness (QED) is 0.576. The number of benzene rings is 1. The van der Waals surface area contributed by atoms with E-state index in [0.717, 1.165) is 5.56 Å². The van der Waals surface area contributed by atoms with Crippen molar-refractivity contribution >= 4 is 41.4 Å². The Morgan fingerprint density at radius 2 is 1.97 bits per heavy atom. The Hall–Kier alpha value is -3.04. The molecule has 3 atom stereocenters. The number of urea groups is 1. The zero-order valence-electron chi connectivity index (χ0n) is 15.6. The minimum atomic E-state index is -1.16. The number of para-hydroxylation sites is 1. The standard InChI is InChI=1S/C20H21N3O5S/c1-11(24)22-14(19(26)27)10-29-18-9-16-13(8-17(18)25)7-6-12-4-2-3-5-15(12)23(16)20(21)28/h2-9,14,17-18,25H,10H2,1H3,(H2,21,28)(H,22,24)(H,26,27). The van der Waals surface area contributed by atoms with E-state index in [-0.39, 0.29) is 5.75 Å². The van der Waals surface area contributed by atoms with Crippen molar-refractivity contribution < 1.29 is 24.6 Å². The maximum atomic E-state index is 12.2. The maximum Gasteiger partial charge on any atom is 0.327 e. The van der Waals surface area contributed by atoms with Gasteiger partial charge in [-0.15, -0.1) is 11.8 Å². The first kappa shape index (κ1) is 20.7. The first-order valence-electron chi connectivity index (χ1n) is 8.88. The van der Waals surface area contributed by atoms with Gasteiger partial charge < -0.3 is 21.3 Å². The van der Waals surface area contributed by atoms with E-state index in [0.29, 0.717) is 17.0 Å². The van der Waals surface area contributed by atoms with Crippen LogP contribution in [0.25, 0.3) is 6.08 Å². The van der Waals surface area contributed by atoms with Crippen molar-refractivity contribution in [2.24, 2.45) is 5.73 Å². The highest BCUT2D eigenvalue weighted by molar-refractivity contribution is 8.00. The molecule has 29 heavy (non-hydrogen) atoms. The van der Waals surface area contributed by atoms with Gasteiger partial charge in [-0.25, -0.2) is 9.59 Å². The SMILES string of the molecule is CC(=O)NC(CSC1C=C2C(=CC1O)C=Cc1ccccc1N2C(N)=O)C(=O)O. The monoisotopic (exact) mass is 415 g/mol. The highest BCUT2D eigenvalue weighted by atomic mass is 32.2. The number of aliphatic hydroxyl groups is 1. The molecule has 5 N–H and O–H groups in total. The van der Waals surface area contributed by atoms with E-state index in [2.05, 4.69) is 5.32 Å². The molecule has 2 aliphatic rings. The first-order valence-corrected chi connectivity index (χ1v) is 9.93. The van der Waals surface area contributed by atoms with Crippen LogP contribution >= 0.6 is 11.8 Å². The maximum absolute atomic E-state index is 12.2. The number of hydrogen-bond donors (Lipinski definition) is 4. The summed E-state index contributed by atoms with van der Waals surface area (Å²) in [5.41, 5.74) is 8.23. The summed E-state index contributed by atoms with van der Waals surface area (Å²) in [4.78, 5) is 36.2. The third-order valence-corrected chi connectivity index (χ3v) is 5.84. The average Bonchev–Trinajstić information content (AvgIpc) is 2.81. The summed E-state index contributed by atoms with van der Waals surface area (Å²) in [5.74, 6) is -1.56. The minimum Gasteiger partial charge on any atom is -0.480 e. The number of carboxylic acids is 1. The second kappa shape index (κ2) is 8.54. The molecule has 0 spiro atoms. The number of anilines is 1. The molecule has 152 valence electrons. The van der Waals surface area contributed by atoms with Gasteiger partial charge >= 0.3 is 12.0 Å². The molecule has 1 aromatic carbocycles. The molecule has 0 radical (unpaired) electrons. The zero-order valence-corrected chi connectivity index (χ0v) is 16.4. The molecule has 0 aromatic heterocycles. The molecular formula is C20H21N3O5S. The van der Waals surface area contributed by atoms with Crippen LogP contribution in [-0.2, 0) is 9.59 Å². The van der Waals surface area contributed by atoms with E-state index in [9.17, 15) is 24.6 Å². The number of nitrogens with two attached hydrogens (primary N) is 1. The van der Waals surface area contributed by atoms with Gasteiger partial charge in [0, 0.05) is 12.7 Å². The van der Waals surface area contributed by atoms with Crippen LogP contribution in [-0.4, -0.2) is 51.3 Å². The van der Waals surface area contributed by atoms with Gasteiger partial charge in [0.15, 0.2) is 0 Å². The fourth-order valence-corrected chi connectivity index (χ4v) is 4.35. The van der Waals surface area contributed by atoms with Gasteiger partial charge in [-0.3, -0.25) is 9.69 Å². The van der Waals surface area contributed by atoms with E-state index >= 15 is 0 Å². The van der Waals surface area contributed by atoms with Gasteiger partial charge in [0.2, 0.25) is 5.91 Å². The molecule has 0 fully saturated rings. The molecule has 3 unspecified atom stereocenters. The molecule has 1 aliphatic heterocycles. The molecule has 1 aromatic rings. The number of aliphatic hydroxyl groups excluding tert-OH is 1. The fraction of sp³-hybridized carbons (Fsp3) is 0.250. The summed E-state index contributed by atoms with van der Waals surface area (Å²) in [5, 5.41) is 21.6. The van der Waals surface area contributed by atoms with Crippen LogP contribution in [0.2, 0.25) is 0 Å². The van der Waals surface area contributed by atoms with Crippen LogP contribution in [0.4, 0.5) is 10.5 Å². The molecule has 3 rings (SSSR count). The fourth-order valence-electron chi connectivity index (χ4n) is 3.21. The number of aliphatic carboxylic acids is 1. The van der Waals surface area contributed by atoms with E-state index in [1.54, 1.807) is 30.4 Å². The van der Waals surface area contributed by atoms with Crippen LogP contribution in [0.1, 0.15) is 12.5 Å². The van der Waals surface area contributed by atoms with Gasteiger partial charge in [-0.05, 0) is 29.4 Å². The van der Waals surface area contributed by atoms with Crippen LogP contribution in [0.5, 0.6) is 0 Å². The number of fused-ring (bicyclic) bond motifs is 2. The number of carboxylic acid groups (broad SMARTS) is 1. The van der Waals surface area contributed by atoms with E-state index in [1.165, 1.54) is 23.6 Å². The Morgan fingerprint density at radius 3 is 2.62 bits per heavy atom. The molecule has 9 heteroatoms. The first-order chi connectivity index (χ1) is 13.8. The number of thioether (sulfide) groups is 1. The van der Waals surface area contributed by atoms with Gasteiger partial charge in [0.1, 0.15) is 6.04 Å². The van der Waals surface area contributed by atoms with Crippen LogP contribution in [0.15, 0.2) is 53.8 Å². The smallest absolute Gasteiger partial charge is 0.327 e. The molecule has 0 bridgehead atoms. The topological polar surface area (TPSA) is 133 Å². The van der Waals surface area contributed by atoms with E-state index in [1.807, 2.05) is 18.2 Å². The second-order valence-corrected chi connectivity index (χ2v) is 7.83. The molecule has 1 heterocycles. The number of nitrogens with zero attached hydrogens (tertiary/aromatic N) is 1. The lowest BCUT2D eigenvalue weighted by atomic mass is 10.00. The largest absolute Gasteiger partial charge is 0.480 e. The summed E-state index contributed by atoms with van der Waals surface area (Å²) in [6.45, 7) is 1.24. The average molecular weight is 415 g/mol. The molecule has 1 aliphatic carbocycles. The van der Waals surface area contributed by atoms with Gasteiger partial charge in [0.25, 0.3) is 0 Å². The minimum absolute atomic E-state index is 0.0482. The van der Waals surface area contributed by atoms with Crippen molar-refractivity contribution in [2.45, 2.75) is 24.3 Å². The number of allylic oxidation sites excluding steroid dienone is 1. The van der Waals surface area contributed by atoms with Crippen molar-refractivity contribution in [1.82, 2.24) is 5.32 Å². The second-order valence-electron chi connectivity index (χ2n) is 6.62. The Kier molecular flexibility index (Phi) is 6.09. The Labute approximate surface area is 171 Å². The highest BCUT2D eigenvalue weighted by Gasteiger charge is 2.31. The van der Waals surface area contributed by atoms with Gasteiger partial charge in [0.05, 0.1) is 22.7 Å². The van der Waals surface area contributed by atoms with Gasteiger partial charge in [-0.1, -0.05) is 30.4 Å². The number of primary amides is 1. The van der Waals surface area contributed by atoms with Crippen molar-refractivity contribution in [1.29, 1.82) is 0 Å². The summed E-state index contributed by atoms with van der Waals surface area (Å²) in [6, 6.07) is 5.52. The lowest BCUT2D eigenvalue weighted by Gasteiger charge is -2.30. The summed E-state index contributed by atoms with van der Waals surface area (Å²) >= 11 is 1.17. The van der Waals surface area contributed by atoms with Crippen molar-refractivity contribution in [2.75, 3.05) is 10.7 Å². The summed E-state index contributed by atoms with van der Waals surface area (Å²) in [7, 11) is 0. The number of nitrogens with one attached hydrogen (secondary N) is 1. The van der Waals surface area contributed by atoms with Gasteiger partial charge in [-0.2, -0.15) is 0 Å². The molecular weight excluding hydrogens is 394 g/mol. The number of carbonyl (C=O) groups excluding carboxylic acids is 2. The third-order valence-electron chi connectivity index (χ3n) is 4.52. The van der Waals surface area contributed by atoms with E-state index < -0.39 is 35.3 Å². The number of rotatable bonds is 5. The lowest BCUT2D eigenvalue weighted by molar-refractivity contribution is -0.140. The van der Waals surface area contributed by atoms with Crippen molar-refractivity contribution in [3.05, 3.63) is 59.3 Å². The van der Waals surface area contributed by atoms with Crippen molar-refractivity contribution in [3.8, 4) is 0 Å². The molecule has 3 amide bonds.